The molecule has 23 heavy (non-hydrogen) atoms. The summed E-state index contributed by atoms with van der Waals surface area (Å²) in [5, 5.41) is 5.14. The third kappa shape index (κ3) is 4.81. The van der Waals surface area contributed by atoms with Crippen molar-refractivity contribution in [2.45, 2.75) is 13.3 Å². The van der Waals surface area contributed by atoms with Crippen LogP contribution < -0.4 is 15.4 Å². The Morgan fingerprint density at radius 3 is 2.52 bits per heavy atom. The zero-order chi connectivity index (χ0) is 16.7. The zero-order valence-electron chi connectivity index (χ0n) is 13.1. The van der Waals surface area contributed by atoms with E-state index in [9.17, 15) is 9.59 Å². The smallest absolute Gasteiger partial charge is 0.313 e. The van der Waals surface area contributed by atoms with E-state index >= 15 is 0 Å². The lowest BCUT2D eigenvalue weighted by atomic mass is 10.1. The van der Waals surface area contributed by atoms with Gasteiger partial charge in [0, 0.05) is 12.7 Å². The molecule has 0 atom stereocenters. The lowest BCUT2D eigenvalue weighted by molar-refractivity contribution is -0.136. The molecule has 1 aromatic heterocycles. The molecular formula is C17H19N3O3. The minimum atomic E-state index is -0.698. The van der Waals surface area contributed by atoms with Crippen molar-refractivity contribution in [1.29, 1.82) is 0 Å². The second-order valence-corrected chi connectivity index (χ2v) is 4.94. The Morgan fingerprint density at radius 1 is 1.13 bits per heavy atom. The van der Waals surface area contributed by atoms with E-state index in [1.54, 1.807) is 32.4 Å². The van der Waals surface area contributed by atoms with Crippen LogP contribution in [0.3, 0.4) is 0 Å². The fourth-order valence-electron chi connectivity index (χ4n) is 1.99. The second-order valence-electron chi connectivity index (χ2n) is 4.94. The summed E-state index contributed by atoms with van der Waals surface area (Å²) in [6.45, 7) is 2.14. The number of amides is 2. The van der Waals surface area contributed by atoms with Gasteiger partial charge in [0.05, 0.1) is 18.5 Å². The van der Waals surface area contributed by atoms with E-state index in [2.05, 4.69) is 15.6 Å². The van der Waals surface area contributed by atoms with Crippen LogP contribution >= 0.6 is 0 Å². The molecule has 0 bridgehead atoms. The Bertz CT molecular complexity index is 684. The molecule has 2 aromatic rings. The zero-order valence-corrected chi connectivity index (χ0v) is 13.1. The minimum Gasteiger partial charge on any atom is -0.497 e. The molecule has 0 aliphatic carbocycles. The van der Waals surface area contributed by atoms with Crippen LogP contribution in [-0.4, -0.2) is 30.5 Å². The molecule has 120 valence electrons. The number of anilines is 1. The number of nitrogens with zero attached hydrogens (tertiary/aromatic N) is 1. The van der Waals surface area contributed by atoms with Gasteiger partial charge in [-0.2, -0.15) is 0 Å². The first-order valence-electron chi connectivity index (χ1n) is 7.24. The quantitative estimate of drug-likeness (QED) is 0.823. The van der Waals surface area contributed by atoms with Crippen LogP contribution in [0.15, 0.2) is 42.6 Å². The van der Waals surface area contributed by atoms with E-state index in [0.29, 0.717) is 24.3 Å². The maximum absolute atomic E-state index is 11.8. The first kappa shape index (κ1) is 16.5. The summed E-state index contributed by atoms with van der Waals surface area (Å²) in [5.41, 5.74) is 2.24. The van der Waals surface area contributed by atoms with Crippen LogP contribution in [0.4, 0.5) is 5.69 Å². The molecule has 2 amide bonds. The summed E-state index contributed by atoms with van der Waals surface area (Å²) in [4.78, 5) is 27.7. The first-order chi connectivity index (χ1) is 11.1. The van der Waals surface area contributed by atoms with Crippen LogP contribution in [0.1, 0.15) is 11.3 Å². The van der Waals surface area contributed by atoms with Crippen molar-refractivity contribution in [2.75, 3.05) is 19.0 Å². The Morgan fingerprint density at radius 2 is 1.87 bits per heavy atom. The normalized spacial score (nSPS) is 10.0. The Balaban J connectivity index is 1.79. The average Bonchev–Trinajstić information content (AvgIpc) is 2.57. The van der Waals surface area contributed by atoms with Gasteiger partial charge < -0.3 is 15.4 Å². The van der Waals surface area contributed by atoms with Crippen LogP contribution in [0.5, 0.6) is 5.75 Å². The highest BCUT2D eigenvalue weighted by Crippen LogP contribution is 2.11. The summed E-state index contributed by atoms with van der Waals surface area (Å²) in [5.74, 6) is -0.582. The number of hydrogen-bond acceptors (Lipinski definition) is 4. The monoisotopic (exact) mass is 313 g/mol. The molecule has 0 fully saturated rings. The van der Waals surface area contributed by atoms with Crippen LogP contribution in [-0.2, 0) is 16.0 Å². The Kier molecular flexibility index (Phi) is 5.68. The Labute approximate surface area is 134 Å². The molecule has 0 unspecified atom stereocenters. The van der Waals surface area contributed by atoms with E-state index in [0.717, 1.165) is 11.3 Å². The van der Waals surface area contributed by atoms with Gasteiger partial charge in [-0.05, 0) is 43.2 Å². The standard InChI is InChI=1S/C17H19N3O3/c1-12-15(4-3-10-18-12)20-17(22)16(21)19-11-9-13-5-7-14(23-2)8-6-13/h3-8,10H,9,11H2,1-2H3,(H,19,21)(H,20,22). The van der Waals surface area contributed by atoms with Crippen LogP contribution in [0.2, 0.25) is 0 Å². The van der Waals surface area contributed by atoms with Gasteiger partial charge in [0.25, 0.3) is 0 Å². The molecule has 0 spiro atoms. The molecule has 6 nitrogen and oxygen atoms in total. The van der Waals surface area contributed by atoms with E-state index in [1.807, 2.05) is 24.3 Å². The molecule has 0 saturated heterocycles. The molecule has 1 aromatic carbocycles. The van der Waals surface area contributed by atoms with Crippen molar-refractivity contribution in [3.63, 3.8) is 0 Å². The third-order valence-electron chi connectivity index (χ3n) is 3.32. The molecule has 0 aliphatic rings. The molecule has 6 heteroatoms. The van der Waals surface area contributed by atoms with Gasteiger partial charge in [0.15, 0.2) is 0 Å². The predicted octanol–water partition coefficient (Wildman–Crippen LogP) is 1.70. The average molecular weight is 313 g/mol. The largest absolute Gasteiger partial charge is 0.497 e. The highest BCUT2D eigenvalue weighted by Gasteiger charge is 2.14. The van der Waals surface area contributed by atoms with E-state index in [4.69, 9.17) is 4.74 Å². The van der Waals surface area contributed by atoms with Gasteiger partial charge >= 0.3 is 11.8 Å². The SMILES string of the molecule is COc1ccc(CCNC(=O)C(=O)Nc2cccnc2C)cc1. The van der Waals surface area contributed by atoms with E-state index in [-0.39, 0.29) is 0 Å². The predicted molar refractivity (Wildman–Crippen MR) is 87.3 cm³/mol. The lowest BCUT2D eigenvalue weighted by Gasteiger charge is -2.08. The van der Waals surface area contributed by atoms with Crippen molar-refractivity contribution < 1.29 is 14.3 Å². The number of methoxy groups -OCH3 is 1. The van der Waals surface area contributed by atoms with Gasteiger partial charge in [-0.15, -0.1) is 0 Å². The van der Waals surface area contributed by atoms with E-state index < -0.39 is 11.8 Å². The highest BCUT2D eigenvalue weighted by molar-refractivity contribution is 6.39. The van der Waals surface area contributed by atoms with Crippen molar-refractivity contribution in [1.82, 2.24) is 10.3 Å². The highest BCUT2D eigenvalue weighted by atomic mass is 16.5. The molecular weight excluding hydrogens is 294 g/mol. The van der Waals surface area contributed by atoms with Gasteiger partial charge in [-0.25, -0.2) is 0 Å². The summed E-state index contributed by atoms with van der Waals surface area (Å²) in [6.07, 6.45) is 2.26. The minimum absolute atomic E-state index is 0.380. The lowest BCUT2D eigenvalue weighted by Crippen LogP contribution is -2.36. The number of pyridine rings is 1. The number of ether oxygens (including phenoxy) is 1. The van der Waals surface area contributed by atoms with Gasteiger partial charge in [-0.1, -0.05) is 12.1 Å². The molecule has 0 aliphatic heterocycles. The number of hydrogen-bond donors (Lipinski definition) is 2. The molecule has 1 heterocycles. The molecule has 2 N–H and O–H groups in total. The third-order valence-corrected chi connectivity index (χ3v) is 3.32. The fraction of sp³-hybridized carbons (Fsp3) is 0.235. The summed E-state index contributed by atoms with van der Waals surface area (Å²) >= 11 is 0. The van der Waals surface area contributed by atoms with Crippen molar-refractivity contribution in [2.24, 2.45) is 0 Å². The second kappa shape index (κ2) is 7.93. The number of aryl methyl sites for hydroxylation is 1. The number of rotatable bonds is 5. The van der Waals surface area contributed by atoms with Gasteiger partial charge in [0.2, 0.25) is 0 Å². The Hall–Kier alpha value is -2.89. The van der Waals surface area contributed by atoms with Crippen molar-refractivity contribution >= 4 is 17.5 Å². The van der Waals surface area contributed by atoms with Crippen molar-refractivity contribution in [3.05, 3.63) is 53.9 Å². The van der Waals surface area contributed by atoms with E-state index in [1.165, 1.54) is 0 Å². The number of aromatic nitrogens is 1. The molecule has 2 rings (SSSR count). The first-order valence-corrected chi connectivity index (χ1v) is 7.24. The summed E-state index contributed by atoms with van der Waals surface area (Å²) in [6, 6.07) is 11.0. The summed E-state index contributed by atoms with van der Waals surface area (Å²) < 4.78 is 5.08. The fourth-order valence-corrected chi connectivity index (χ4v) is 1.99. The number of carbonyl (C=O) groups excluding carboxylic acids is 2. The number of carbonyl (C=O) groups is 2. The molecule has 0 radical (unpaired) electrons. The van der Waals surface area contributed by atoms with Crippen molar-refractivity contribution in [3.8, 4) is 5.75 Å². The maximum atomic E-state index is 11.8. The van der Waals surface area contributed by atoms with Gasteiger partial charge in [0.1, 0.15) is 5.75 Å². The number of nitrogens with one attached hydrogen (secondary N) is 2. The summed E-state index contributed by atoms with van der Waals surface area (Å²) in [7, 11) is 1.61. The van der Waals surface area contributed by atoms with Gasteiger partial charge in [-0.3, -0.25) is 14.6 Å². The van der Waals surface area contributed by atoms with Crippen LogP contribution in [0, 0.1) is 6.92 Å². The van der Waals surface area contributed by atoms with Crippen LogP contribution in [0.25, 0.3) is 0 Å². The number of benzene rings is 1. The maximum Gasteiger partial charge on any atom is 0.313 e. The topological polar surface area (TPSA) is 80.3 Å². The molecule has 0 saturated carbocycles.